The van der Waals surface area contributed by atoms with E-state index in [0.717, 1.165) is 13.8 Å². The van der Waals surface area contributed by atoms with E-state index in [4.69, 9.17) is 0 Å². The predicted molar refractivity (Wildman–Crippen MR) is 84.6 cm³/mol. The van der Waals surface area contributed by atoms with Crippen LogP contribution in [0, 0.1) is 5.41 Å². The summed E-state index contributed by atoms with van der Waals surface area (Å²) >= 11 is 0. The molecule has 0 spiro atoms. The lowest BCUT2D eigenvalue weighted by Gasteiger charge is -2.34. The predicted octanol–water partition coefficient (Wildman–Crippen LogP) is 2.90. The van der Waals surface area contributed by atoms with Crippen molar-refractivity contribution >= 4 is 25.6 Å². The number of hydrogen-bond donors (Lipinski definition) is 1. The lowest BCUT2D eigenvalue weighted by molar-refractivity contribution is -0.131. The van der Waals surface area contributed by atoms with Gasteiger partial charge in [0, 0.05) is 17.4 Å². The minimum absolute atomic E-state index is 0.250. The number of sulfone groups is 2. The molecule has 0 fully saturated rings. The maximum absolute atomic E-state index is 12.8. The van der Waals surface area contributed by atoms with Crippen molar-refractivity contribution in [3.05, 3.63) is 0 Å². The average molecular weight is 449 g/mol. The quantitative estimate of drug-likeness (QED) is 0.603. The van der Waals surface area contributed by atoms with E-state index < -0.39 is 58.6 Å². The highest BCUT2D eigenvalue weighted by Crippen LogP contribution is 2.39. The van der Waals surface area contributed by atoms with Crippen molar-refractivity contribution in [3.63, 3.8) is 0 Å². The van der Waals surface area contributed by atoms with Crippen LogP contribution in [-0.4, -0.2) is 43.9 Å². The van der Waals surface area contributed by atoms with Gasteiger partial charge in [-0.3, -0.25) is 4.79 Å². The summed E-state index contributed by atoms with van der Waals surface area (Å²) < 4.78 is 119. The van der Waals surface area contributed by atoms with Crippen molar-refractivity contribution in [3.8, 4) is 0 Å². The molecule has 162 valence electrons. The zero-order valence-corrected chi connectivity index (χ0v) is 16.8. The first-order chi connectivity index (χ1) is 11.5. The molecule has 0 atom stereocenters. The van der Waals surface area contributed by atoms with Crippen molar-refractivity contribution in [2.75, 3.05) is 0 Å². The van der Waals surface area contributed by atoms with Crippen LogP contribution in [0.2, 0.25) is 0 Å². The number of hydrogen-bond acceptors (Lipinski definition) is 5. The fraction of sp³-hybridized carbons (Fsp3) is 0.923. The summed E-state index contributed by atoms with van der Waals surface area (Å²) in [4.78, 5) is 12.1. The Labute approximate surface area is 153 Å². The summed E-state index contributed by atoms with van der Waals surface area (Å²) in [6.07, 6.45) is -1.40. The highest BCUT2D eigenvalue weighted by Gasteiger charge is 2.63. The molecule has 0 aliphatic heterocycles. The Morgan fingerprint density at radius 3 is 1.44 bits per heavy atom. The van der Waals surface area contributed by atoms with Crippen LogP contribution >= 0.6 is 0 Å². The first-order valence-electron chi connectivity index (χ1n) is 7.46. The molecule has 0 bridgehead atoms. The molecule has 6 nitrogen and oxygen atoms in total. The second kappa shape index (κ2) is 7.41. The Balaban J connectivity index is 6.21. The topological polar surface area (TPSA) is 97.4 Å². The maximum atomic E-state index is 12.8. The highest BCUT2D eigenvalue weighted by molar-refractivity contribution is 8.09. The van der Waals surface area contributed by atoms with Gasteiger partial charge in [0.2, 0.25) is 5.91 Å². The number of carbonyl (C=O) groups excluding carboxylic acids is 1. The Morgan fingerprint density at radius 1 is 0.852 bits per heavy atom. The first-order valence-corrected chi connectivity index (χ1v) is 10.5. The van der Waals surface area contributed by atoms with Crippen LogP contribution < -0.4 is 5.32 Å². The third-order valence-corrected chi connectivity index (χ3v) is 8.49. The van der Waals surface area contributed by atoms with E-state index in [1.54, 1.807) is 6.92 Å². The molecule has 14 heteroatoms. The minimum atomic E-state index is -6.75. The summed E-state index contributed by atoms with van der Waals surface area (Å²) in [6, 6.07) is 0. The van der Waals surface area contributed by atoms with E-state index in [-0.39, 0.29) is 6.42 Å². The fourth-order valence-electron chi connectivity index (χ4n) is 1.79. The molecule has 0 unspecified atom stereocenters. The number of carbonyl (C=O) groups is 1. The highest BCUT2D eigenvalue weighted by atomic mass is 32.3. The largest absolute Gasteiger partial charge is 0.498 e. The number of amides is 1. The van der Waals surface area contributed by atoms with Crippen molar-refractivity contribution in [1.82, 2.24) is 5.32 Å². The van der Waals surface area contributed by atoms with Gasteiger partial charge in [0.05, 0.1) is 0 Å². The molecule has 1 N–H and O–H groups in total. The van der Waals surface area contributed by atoms with E-state index in [9.17, 15) is 48.0 Å². The Kier molecular flexibility index (Phi) is 7.12. The SMILES string of the molecule is CCC(C)(C)C(=O)NC(C)(C)CC(S(=O)(=O)C(F)(F)F)S(=O)(=O)C(F)(F)F. The Bertz CT molecular complexity index is 722. The van der Waals surface area contributed by atoms with E-state index in [2.05, 4.69) is 5.32 Å². The summed E-state index contributed by atoms with van der Waals surface area (Å²) in [5.74, 6) is -0.789. The van der Waals surface area contributed by atoms with Crippen molar-refractivity contribution in [2.24, 2.45) is 5.41 Å². The lowest BCUT2D eigenvalue weighted by atomic mass is 9.87. The second-order valence-electron chi connectivity index (χ2n) is 7.19. The van der Waals surface area contributed by atoms with Gasteiger partial charge in [-0.05, 0) is 20.3 Å². The van der Waals surface area contributed by atoms with Crippen molar-refractivity contribution in [2.45, 2.75) is 68.6 Å². The maximum Gasteiger partial charge on any atom is 0.498 e. The van der Waals surface area contributed by atoms with Gasteiger partial charge in [0.1, 0.15) is 0 Å². The molecule has 0 rings (SSSR count). The number of halogens is 6. The third-order valence-electron chi connectivity index (χ3n) is 3.96. The van der Waals surface area contributed by atoms with Gasteiger partial charge < -0.3 is 5.32 Å². The van der Waals surface area contributed by atoms with E-state index in [1.807, 2.05) is 0 Å². The molecule has 27 heavy (non-hydrogen) atoms. The Morgan fingerprint density at radius 2 is 1.19 bits per heavy atom. The Hall–Kier alpha value is -1.05. The van der Waals surface area contributed by atoms with Gasteiger partial charge in [-0.1, -0.05) is 20.8 Å². The lowest BCUT2D eigenvalue weighted by Crippen LogP contribution is -2.54. The zero-order valence-electron chi connectivity index (χ0n) is 15.1. The van der Waals surface area contributed by atoms with E-state index in [0.29, 0.717) is 0 Å². The van der Waals surface area contributed by atoms with E-state index >= 15 is 0 Å². The van der Waals surface area contributed by atoms with Crippen LogP contribution in [-0.2, 0) is 24.5 Å². The summed E-state index contributed by atoms with van der Waals surface area (Å²) in [6.45, 7) is 6.34. The molecule has 0 aromatic rings. The molecule has 0 saturated carbocycles. The number of alkyl halides is 6. The molecule has 0 radical (unpaired) electrons. The van der Waals surface area contributed by atoms with Crippen molar-refractivity contribution < 1.29 is 48.0 Å². The third kappa shape index (κ3) is 5.72. The van der Waals surface area contributed by atoms with Gasteiger partial charge in [-0.2, -0.15) is 26.3 Å². The van der Waals surface area contributed by atoms with Crippen LogP contribution in [0.1, 0.15) is 47.5 Å². The standard InChI is InChI=1S/C13H21F6NO5S2/c1-6-10(2,3)9(21)20-11(4,5)7-8(26(22,23)12(14,15)16)27(24,25)13(17,18)19/h8H,6-7H2,1-5H3,(H,20,21). The minimum Gasteiger partial charge on any atom is -0.351 e. The van der Waals surface area contributed by atoms with Crippen LogP contribution in [0.4, 0.5) is 26.3 Å². The summed E-state index contributed by atoms with van der Waals surface area (Å²) in [7, 11) is -13.5. The molecule has 0 heterocycles. The molecule has 0 aliphatic carbocycles. The molecular weight excluding hydrogens is 428 g/mol. The fourth-order valence-corrected chi connectivity index (χ4v) is 5.65. The molecule has 0 aliphatic rings. The summed E-state index contributed by atoms with van der Waals surface area (Å²) in [5, 5.41) is 2.12. The van der Waals surface area contributed by atoms with Gasteiger partial charge in [0.25, 0.3) is 19.7 Å². The normalized spacial score (nSPS) is 15.1. The van der Waals surface area contributed by atoms with Gasteiger partial charge in [-0.15, -0.1) is 0 Å². The monoisotopic (exact) mass is 449 g/mol. The van der Waals surface area contributed by atoms with Crippen LogP contribution in [0.3, 0.4) is 0 Å². The molecular formula is C13H21F6NO5S2. The summed E-state index contributed by atoms with van der Waals surface area (Å²) in [5.41, 5.74) is -15.6. The van der Waals surface area contributed by atoms with Gasteiger partial charge in [-0.25, -0.2) is 16.8 Å². The second-order valence-corrected chi connectivity index (χ2v) is 11.7. The first kappa shape index (κ1) is 26.0. The molecule has 0 aromatic carbocycles. The van der Waals surface area contributed by atoms with Crippen LogP contribution in [0.5, 0.6) is 0 Å². The van der Waals surface area contributed by atoms with Crippen LogP contribution in [0.15, 0.2) is 0 Å². The van der Waals surface area contributed by atoms with Gasteiger partial charge >= 0.3 is 11.0 Å². The van der Waals surface area contributed by atoms with Crippen LogP contribution in [0.25, 0.3) is 0 Å². The smallest absolute Gasteiger partial charge is 0.351 e. The average Bonchev–Trinajstić information content (AvgIpc) is 2.41. The number of rotatable bonds is 7. The molecule has 0 saturated heterocycles. The van der Waals surface area contributed by atoms with Gasteiger partial charge in [0.15, 0.2) is 4.58 Å². The van der Waals surface area contributed by atoms with E-state index in [1.165, 1.54) is 13.8 Å². The molecule has 1 amide bonds. The van der Waals surface area contributed by atoms with Crippen molar-refractivity contribution in [1.29, 1.82) is 0 Å². The zero-order chi connectivity index (χ0) is 22.3. The number of nitrogens with one attached hydrogen (secondary N) is 1. The molecule has 0 aromatic heterocycles.